The Morgan fingerprint density at radius 1 is 1.33 bits per heavy atom. The lowest BCUT2D eigenvalue weighted by Crippen LogP contribution is -1.98. The molecule has 0 bridgehead atoms. The lowest BCUT2D eigenvalue weighted by molar-refractivity contribution is 0.603. The highest BCUT2D eigenvalue weighted by molar-refractivity contribution is 7.91. The largest absolute Gasteiger partial charge is 0.228 e. The molecule has 0 aliphatic carbocycles. The van der Waals surface area contributed by atoms with E-state index in [1.807, 2.05) is 0 Å². The van der Waals surface area contributed by atoms with E-state index in [1.165, 1.54) is 0 Å². The molecule has 4 heteroatoms. The maximum atomic E-state index is 10.8. The van der Waals surface area contributed by atoms with Gasteiger partial charge < -0.3 is 0 Å². The van der Waals surface area contributed by atoms with Crippen molar-refractivity contribution in [1.82, 2.24) is 0 Å². The highest BCUT2D eigenvalue weighted by Crippen LogP contribution is 2.17. The summed E-state index contributed by atoms with van der Waals surface area (Å²) in [6.45, 7) is 0. The first kappa shape index (κ1) is 9.55. The van der Waals surface area contributed by atoms with Crippen LogP contribution in [0.5, 0.6) is 0 Å². The highest BCUT2D eigenvalue weighted by atomic mass is 35.5. The monoisotopic (exact) mass is 203 g/mol. The molecule has 0 spiro atoms. The quantitative estimate of drug-likeness (QED) is 0.737. The average molecular weight is 204 g/mol. The van der Waals surface area contributed by atoms with E-state index in [0.717, 1.165) is 0 Å². The van der Waals surface area contributed by atoms with E-state index in [4.69, 9.17) is 11.6 Å². The van der Waals surface area contributed by atoms with Crippen molar-refractivity contribution >= 4 is 21.4 Å². The van der Waals surface area contributed by atoms with E-state index < -0.39 is 9.84 Å². The fourth-order valence-corrected chi connectivity index (χ4v) is 1.86. The predicted octanol–water partition coefficient (Wildman–Crippen LogP) is 2.05. The lowest BCUT2D eigenvalue weighted by atomic mass is 10.2. The molecule has 1 radical (unpaired) electrons. The van der Waals surface area contributed by atoms with Gasteiger partial charge in [-0.1, -0.05) is 29.8 Å². The molecular weight excluding hydrogens is 196 g/mol. The van der Waals surface area contributed by atoms with Gasteiger partial charge in [0.2, 0.25) is 0 Å². The summed E-state index contributed by atoms with van der Waals surface area (Å²) in [5.74, 6) is -0.104. The van der Waals surface area contributed by atoms with Crippen molar-refractivity contribution in [3.05, 3.63) is 41.1 Å². The Bertz CT molecular complexity index is 370. The molecular formula is C8H8ClO2S. The number of hydrogen-bond donors (Lipinski definition) is 0. The minimum Gasteiger partial charge on any atom is -0.228 e. The zero-order valence-corrected chi connectivity index (χ0v) is 7.90. The zero-order chi connectivity index (χ0) is 9.19. The second-order valence-corrected chi connectivity index (χ2v) is 4.66. The topological polar surface area (TPSA) is 34.1 Å². The van der Waals surface area contributed by atoms with Gasteiger partial charge in [0.15, 0.2) is 9.84 Å². The fraction of sp³-hybridized carbons (Fsp3) is 0.125. The van der Waals surface area contributed by atoms with Crippen molar-refractivity contribution in [2.24, 2.45) is 0 Å². The molecule has 0 N–H and O–H groups in total. The van der Waals surface area contributed by atoms with Crippen molar-refractivity contribution in [2.75, 3.05) is 0 Å². The number of rotatable bonds is 2. The SMILES string of the molecule is [CH2]S(=O)(=O)Cc1ccccc1Cl. The Balaban J connectivity index is 2.98. The molecule has 0 fully saturated rings. The Labute approximate surface area is 77.1 Å². The summed E-state index contributed by atoms with van der Waals surface area (Å²) in [5, 5.41) is 0.463. The molecule has 0 aromatic heterocycles. The van der Waals surface area contributed by atoms with Gasteiger partial charge in [-0.15, -0.1) is 0 Å². The second-order valence-electron chi connectivity index (χ2n) is 2.48. The maximum Gasteiger partial charge on any atom is 0.155 e. The zero-order valence-electron chi connectivity index (χ0n) is 6.33. The van der Waals surface area contributed by atoms with E-state index in [-0.39, 0.29) is 5.75 Å². The first-order valence-electron chi connectivity index (χ1n) is 3.28. The molecule has 65 valence electrons. The lowest BCUT2D eigenvalue weighted by Gasteiger charge is -2.00. The third kappa shape index (κ3) is 2.83. The van der Waals surface area contributed by atoms with Crippen LogP contribution in [0.3, 0.4) is 0 Å². The van der Waals surface area contributed by atoms with Crippen LogP contribution in [-0.4, -0.2) is 8.42 Å². The van der Waals surface area contributed by atoms with E-state index in [2.05, 4.69) is 6.26 Å². The van der Waals surface area contributed by atoms with Gasteiger partial charge >= 0.3 is 0 Å². The molecule has 0 aliphatic heterocycles. The minimum absolute atomic E-state index is 0.104. The smallest absolute Gasteiger partial charge is 0.155 e. The Morgan fingerprint density at radius 3 is 2.42 bits per heavy atom. The molecule has 12 heavy (non-hydrogen) atoms. The van der Waals surface area contributed by atoms with Crippen molar-refractivity contribution in [3.8, 4) is 0 Å². The first-order chi connectivity index (χ1) is 5.49. The highest BCUT2D eigenvalue weighted by Gasteiger charge is 2.06. The second kappa shape index (κ2) is 3.46. The molecule has 0 saturated heterocycles. The van der Waals surface area contributed by atoms with Crippen LogP contribution in [0, 0.1) is 6.26 Å². The molecule has 1 aromatic rings. The van der Waals surface area contributed by atoms with Gasteiger partial charge in [-0.25, -0.2) is 8.42 Å². The van der Waals surface area contributed by atoms with Gasteiger partial charge in [0.25, 0.3) is 0 Å². The van der Waals surface area contributed by atoms with Crippen molar-refractivity contribution < 1.29 is 8.42 Å². The summed E-state index contributed by atoms with van der Waals surface area (Å²) in [6, 6.07) is 6.82. The van der Waals surface area contributed by atoms with Crippen LogP contribution < -0.4 is 0 Å². The molecule has 0 amide bonds. The number of sulfone groups is 1. The Kier molecular flexibility index (Phi) is 2.75. The summed E-state index contributed by atoms with van der Waals surface area (Å²) in [6.07, 6.45) is 3.02. The summed E-state index contributed by atoms with van der Waals surface area (Å²) in [7, 11) is -3.23. The van der Waals surface area contributed by atoms with Gasteiger partial charge in [-0.3, -0.25) is 0 Å². The van der Waals surface area contributed by atoms with E-state index in [0.29, 0.717) is 10.6 Å². The molecule has 0 heterocycles. The summed E-state index contributed by atoms with van der Waals surface area (Å²) < 4.78 is 21.6. The number of hydrogen-bond acceptors (Lipinski definition) is 2. The number of benzene rings is 1. The summed E-state index contributed by atoms with van der Waals surface area (Å²) >= 11 is 5.74. The molecule has 0 saturated carbocycles. The first-order valence-corrected chi connectivity index (χ1v) is 5.48. The van der Waals surface area contributed by atoms with Crippen molar-refractivity contribution in [1.29, 1.82) is 0 Å². The Morgan fingerprint density at radius 2 is 1.92 bits per heavy atom. The summed E-state index contributed by atoms with van der Waals surface area (Å²) in [4.78, 5) is 0. The summed E-state index contributed by atoms with van der Waals surface area (Å²) in [5.41, 5.74) is 0.592. The van der Waals surface area contributed by atoms with Crippen LogP contribution in [-0.2, 0) is 15.6 Å². The molecule has 0 aliphatic rings. The van der Waals surface area contributed by atoms with Crippen LogP contribution >= 0.6 is 11.6 Å². The molecule has 2 nitrogen and oxygen atoms in total. The van der Waals surface area contributed by atoms with Gasteiger partial charge in [0.1, 0.15) is 0 Å². The third-order valence-electron chi connectivity index (χ3n) is 1.33. The normalized spacial score (nSPS) is 11.5. The van der Waals surface area contributed by atoms with Gasteiger partial charge in [-0.2, -0.15) is 0 Å². The van der Waals surface area contributed by atoms with Crippen molar-refractivity contribution in [2.45, 2.75) is 5.75 Å². The molecule has 0 unspecified atom stereocenters. The fourth-order valence-electron chi connectivity index (χ4n) is 0.852. The van der Waals surface area contributed by atoms with Crippen LogP contribution in [0.4, 0.5) is 0 Å². The van der Waals surface area contributed by atoms with Crippen LogP contribution in [0.1, 0.15) is 5.56 Å². The number of halogens is 1. The van der Waals surface area contributed by atoms with Crippen LogP contribution in [0.25, 0.3) is 0 Å². The maximum absolute atomic E-state index is 10.8. The molecule has 1 rings (SSSR count). The minimum atomic E-state index is -3.23. The van der Waals surface area contributed by atoms with Crippen LogP contribution in [0.15, 0.2) is 24.3 Å². The standard InChI is InChI=1S/C8H8ClO2S/c1-12(10,11)6-7-4-2-3-5-8(7)9/h2-5H,1,6H2. The predicted molar refractivity (Wildman–Crippen MR) is 49.4 cm³/mol. The van der Waals surface area contributed by atoms with Gasteiger partial charge in [0, 0.05) is 5.02 Å². The van der Waals surface area contributed by atoms with Gasteiger partial charge in [-0.05, 0) is 11.6 Å². The Hall–Kier alpha value is -0.540. The van der Waals surface area contributed by atoms with E-state index in [9.17, 15) is 8.42 Å². The average Bonchev–Trinajstić information content (AvgIpc) is 1.91. The van der Waals surface area contributed by atoms with E-state index in [1.54, 1.807) is 24.3 Å². The van der Waals surface area contributed by atoms with Crippen molar-refractivity contribution in [3.63, 3.8) is 0 Å². The molecule has 0 atom stereocenters. The van der Waals surface area contributed by atoms with Crippen LogP contribution in [0.2, 0.25) is 5.02 Å². The van der Waals surface area contributed by atoms with Gasteiger partial charge in [0.05, 0.1) is 12.0 Å². The third-order valence-corrected chi connectivity index (χ3v) is 2.45. The molecule has 1 aromatic carbocycles. The van der Waals surface area contributed by atoms with E-state index >= 15 is 0 Å².